The molecule has 2 atom stereocenters. The SMILES string of the molecule is CC(C)c1ccc(CCNC(=O)CN2C(=O)N[C@@]3(CCCC[C@H]3C)C2=O)cc1. The van der Waals surface area contributed by atoms with Gasteiger partial charge >= 0.3 is 6.03 Å². The zero-order valence-electron chi connectivity index (χ0n) is 17.1. The summed E-state index contributed by atoms with van der Waals surface area (Å²) in [6.45, 7) is 6.58. The quantitative estimate of drug-likeness (QED) is 0.739. The highest BCUT2D eigenvalue weighted by atomic mass is 16.2. The van der Waals surface area contributed by atoms with Gasteiger partial charge in [-0.25, -0.2) is 4.79 Å². The van der Waals surface area contributed by atoms with Crippen LogP contribution in [0.1, 0.15) is 63.5 Å². The molecule has 2 fully saturated rings. The van der Waals surface area contributed by atoms with E-state index in [2.05, 4.69) is 48.7 Å². The Labute approximate surface area is 167 Å². The number of nitrogens with zero attached hydrogens (tertiary/aromatic N) is 1. The lowest BCUT2D eigenvalue weighted by Crippen LogP contribution is -2.54. The van der Waals surface area contributed by atoms with E-state index in [0.717, 1.165) is 29.7 Å². The van der Waals surface area contributed by atoms with E-state index in [9.17, 15) is 14.4 Å². The van der Waals surface area contributed by atoms with Crippen molar-refractivity contribution in [2.75, 3.05) is 13.1 Å². The van der Waals surface area contributed by atoms with Crippen molar-refractivity contribution in [3.8, 4) is 0 Å². The third-order valence-electron chi connectivity index (χ3n) is 6.19. The van der Waals surface area contributed by atoms with E-state index in [1.165, 1.54) is 5.56 Å². The molecular formula is C22H31N3O3. The molecule has 1 heterocycles. The molecule has 0 bridgehead atoms. The van der Waals surface area contributed by atoms with Crippen LogP contribution in [0.3, 0.4) is 0 Å². The first-order chi connectivity index (χ1) is 13.3. The second kappa shape index (κ2) is 8.33. The van der Waals surface area contributed by atoms with Gasteiger partial charge in [-0.15, -0.1) is 0 Å². The van der Waals surface area contributed by atoms with Crippen molar-refractivity contribution in [2.24, 2.45) is 5.92 Å². The third kappa shape index (κ3) is 4.05. The molecule has 1 aliphatic carbocycles. The van der Waals surface area contributed by atoms with Gasteiger partial charge in [0.2, 0.25) is 5.91 Å². The zero-order valence-corrected chi connectivity index (χ0v) is 17.1. The van der Waals surface area contributed by atoms with Crippen LogP contribution in [-0.4, -0.2) is 41.4 Å². The van der Waals surface area contributed by atoms with Gasteiger partial charge in [-0.05, 0) is 42.2 Å². The predicted octanol–water partition coefficient (Wildman–Crippen LogP) is 2.97. The summed E-state index contributed by atoms with van der Waals surface area (Å²) >= 11 is 0. The van der Waals surface area contributed by atoms with Crippen molar-refractivity contribution in [1.29, 1.82) is 0 Å². The summed E-state index contributed by atoms with van der Waals surface area (Å²) < 4.78 is 0. The standard InChI is InChI=1S/C22H31N3O3/c1-15(2)18-9-7-17(8-10-18)11-13-23-19(26)14-25-20(27)22(24-21(25)28)12-5-4-6-16(22)3/h7-10,15-16H,4-6,11-14H2,1-3H3,(H,23,26)(H,24,28)/t16-,22-/m1/s1. The molecule has 3 rings (SSSR count). The Morgan fingerprint density at radius 2 is 1.96 bits per heavy atom. The molecule has 1 saturated heterocycles. The van der Waals surface area contributed by atoms with E-state index < -0.39 is 11.6 Å². The Morgan fingerprint density at radius 1 is 1.25 bits per heavy atom. The summed E-state index contributed by atoms with van der Waals surface area (Å²) in [4.78, 5) is 38.6. The highest BCUT2D eigenvalue weighted by Gasteiger charge is 2.55. The normalized spacial score (nSPS) is 24.7. The fourth-order valence-corrected chi connectivity index (χ4v) is 4.25. The number of nitrogens with one attached hydrogen (secondary N) is 2. The molecule has 1 aromatic carbocycles. The van der Waals surface area contributed by atoms with Gasteiger partial charge in [-0.2, -0.15) is 0 Å². The topological polar surface area (TPSA) is 78.5 Å². The molecule has 28 heavy (non-hydrogen) atoms. The monoisotopic (exact) mass is 385 g/mol. The van der Waals surface area contributed by atoms with E-state index in [1.54, 1.807) is 0 Å². The average molecular weight is 386 g/mol. The Morgan fingerprint density at radius 3 is 2.61 bits per heavy atom. The number of amides is 4. The summed E-state index contributed by atoms with van der Waals surface area (Å²) in [6, 6.07) is 7.93. The maximum absolute atomic E-state index is 12.9. The Hall–Kier alpha value is -2.37. The molecule has 0 aromatic heterocycles. The van der Waals surface area contributed by atoms with E-state index in [4.69, 9.17) is 0 Å². The van der Waals surface area contributed by atoms with Gasteiger partial charge in [0, 0.05) is 6.54 Å². The molecule has 0 radical (unpaired) electrons. The van der Waals surface area contributed by atoms with Gasteiger partial charge in [-0.3, -0.25) is 14.5 Å². The third-order valence-corrected chi connectivity index (χ3v) is 6.19. The lowest BCUT2D eigenvalue weighted by Gasteiger charge is -2.36. The fourth-order valence-electron chi connectivity index (χ4n) is 4.25. The van der Waals surface area contributed by atoms with Crippen molar-refractivity contribution in [3.05, 3.63) is 35.4 Å². The molecule has 1 spiro atoms. The Bertz CT molecular complexity index is 744. The van der Waals surface area contributed by atoms with Crippen LogP contribution < -0.4 is 10.6 Å². The Kier molecular flexibility index (Phi) is 6.06. The number of urea groups is 1. The van der Waals surface area contributed by atoms with E-state index in [1.807, 2.05) is 6.92 Å². The van der Waals surface area contributed by atoms with Gasteiger partial charge in [0.05, 0.1) is 0 Å². The second-order valence-corrected chi connectivity index (χ2v) is 8.44. The molecule has 152 valence electrons. The van der Waals surface area contributed by atoms with Crippen LogP contribution in [0, 0.1) is 5.92 Å². The molecule has 6 heteroatoms. The number of hydrogen-bond donors (Lipinski definition) is 2. The van der Waals surface area contributed by atoms with E-state index in [0.29, 0.717) is 25.3 Å². The molecule has 2 aliphatic rings. The Balaban J connectivity index is 1.50. The number of carbonyl (C=O) groups excluding carboxylic acids is 3. The molecule has 4 amide bonds. The van der Waals surface area contributed by atoms with Gasteiger partial charge in [-0.1, -0.05) is 57.9 Å². The lowest BCUT2D eigenvalue weighted by molar-refractivity contribution is -0.137. The molecular weight excluding hydrogens is 354 g/mol. The number of rotatable bonds is 6. The zero-order chi connectivity index (χ0) is 20.3. The first kappa shape index (κ1) is 20.4. The van der Waals surface area contributed by atoms with Crippen LogP contribution >= 0.6 is 0 Å². The summed E-state index contributed by atoms with van der Waals surface area (Å²) in [5.41, 5.74) is 1.63. The molecule has 1 saturated carbocycles. The van der Waals surface area contributed by atoms with Crippen molar-refractivity contribution in [1.82, 2.24) is 15.5 Å². The smallest absolute Gasteiger partial charge is 0.325 e. The van der Waals surface area contributed by atoms with Crippen LogP contribution in [0.2, 0.25) is 0 Å². The minimum atomic E-state index is -0.812. The lowest BCUT2D eigenvalue weighted by atomic mass is 9.73. The highest BCUT2D eigenvalue weighted by molar-refractivity contribution is 6.09. The van der Waals surface area contributed by atoms with Gasteiger partial charge in [0.15, 0.2) is 0 Å². The van der Waals surface area contributed by atoms with Crippen molar-refractivity contribution in [2.45, 2.75) is 64.3 Å². The molecule has 0 unspecified atom stereocenters. The maximum Gasteiger partial charge on any atom is 0.325 e. The largest absolute Gasteiger partial charge is 0.354 e. The van der Waals surface area contributed by atoms with Crippen LogP contribution in [0.5, 0.6) is 0 Å². The van der Waals surface area contributed by atoms with Crippen molar-refractivity contribution >= 4 is 17.8 Å². The summed E-state index contributed by atoms with van der Waals surface area (Å²) in [5.74, 6) is 0.0413. The van der Waals surface area contributed by atoms with Gasteiger partial charge in [0.25, 0.3) is 5.91 Å². The number of benzene rings is 1. The van der Waals surface area contributed by atoms with Gasteiger partial charge in [0.1, 0.15) is 12.1 Å². The average Bonchev–Trinajstić information content (AvgIpc) is 2.89. The minimum absolute atomic E-state index is 0.0968. The molecule has 1 aliphatic heterocycles. The molecule has 1 aromatic rings. The van der Waals surface area contributed by atoms with Crippen LogP contribution in [0.4, 0.5) is 4.79 Å². The molecule has 2 N–H and O–H groups in total. The minimum Gasteiger partial charge on any atom is -0.354 e. The first-order valence-corrected chi connectivity index (χ1v) is 10.3. The molecule has 6 nitrogen and oxygen atoms in total. The number of imide groups is 1. The number of hydrogen-bond acceptors (Lipinski definition) is 3. The predicted molar refractivity (Wildman–Crippen MR) is 108 cm³/mol. The first-order valence-electron chi connectivity index (χ1n) is 10.3. The summed E-state index contributed by atoms with van der Waals surface area (Å²) in [7, 11) is 0. The van der Waals surface area contributed by atoms with Gasteiger partial charge < -0.3 is 10.6 Å². The van der Waals surface area contributed by atoms with Crippen LogP contribution in [0.25, 0.3) is 0 Å². The number of carbonyl (C=O) groups is 3. The van der Waals surface area contributed by atoms with Crippen molar-refractivity contribution < 1.29 is 14.4 Å². The van der Waals surface area contributed by atoms with Crippen LogP contribution in [0.15, 0.2) is 24.3 Å². The maximum atomic E-state index is 12.9. The van der Waals surface area contributed by atoms with E-state index in [-0.39, 0.29) is 24.3 Å². The fraction of sp³-hybridized carbons (Fsp3) is 0.591. The second-order valence-electron chi connectivity index (χ2n) is 8.44. The van der Waals surface area contributed by atoms with Crippen LogP contribution in [-0.2, 0) is 16.0 Å². The summed E-state index contributed by atoms with van der Waals surface area (Å²) in [6.07, 6.45) is 4.28. The summed E-state index contributed by atoms with van der Waals surface area (Å²) in [5, 5.41) is 5.70. The highest BCUT2D eigenvalue weighted by Crippen LogP contribution is 2.38. The van der Waals surface area contributed by atoms with E-state index >= 15 is 0 Å². The van der Waals surface area contributed by atoms with Crippen molar-refractivity contribution in [3.63, 3.8) is 0 Å².